The Morgan fingerprint density at radius 2 is 1.93 bits per heavy atom. The van der Waals surface area contributed by atoms with Crippen LogP contribution in [0.4, 0.5) is 23.7 Å². The van der Waals surface area contributed by atoms with Crippen molar-refractivity contribution >= 4 is 11.8 Å². The summed E-state index contributed by atoms with van der Waals surface area (Å²) in [5.74, 6) is 0.575. The van der Waals surface area contributed by atoms with E-state index in [9.17, 15) is 18.0 Å². The Balaban J connectivity index is 2.31. The van der Waals surface area contributed by atoms with Crippen molar-refractivity contribution in [1.29, 1.82) is 0 Å². The summed E-state index contributed by atoms with van der Waals surface area (Å²) < 4.78 is 48.9. The molecule has 2 rings (SSSR count). The summed E-state index contributed by atoms with van der Waals surface area (Å²) in [7, 11) is 0. The van der Waals surface area contributed by atoms with Gasteiger partial charge in [0.25, 0.3) is 6.43 Å². The van der Waals surface area contributed by atoms with Gasteiger partial charge in [0, 0.05) is 11.1 Å². The maximum Gasteiger partial charge on any atom is 0.413 e. The van der Waals surface area contributed by atoms with Crippen LogP contribution in [0.25, 0.3) is 0 Å². The molecule has 0 spiro atoms. The normalized spacial score (nSPS) is 10.8. The number of amides is 1. The van der Waals surface area contributed by atoms with Crippen molar-refractivity contribution in [3.63, 3.8) is 0 Å². The molecule has 27 heavy (non-hydrogen) atoms. The Bertz CT molecular complexity index is 809. The van der Waals surface area contributed by atoms with Gasteiger partial charge in [0.2, 0.25) is 6.86 Å². The SMILES string of the molecule is CCc1cc(C)c(OCc2c(NC(=O)OCF)cccc2C(F)F)cc1C. The van der Waals surface area contributed by atoms with Gasteiger partial charge < -0.3 is 9.47 Å². The summed E-state index contributed by atoms with van der Waals surface area (Å²) in [5, 5.41) is 2.27. The molecule has 2 aromatic rings. The van der Waals surface area contributed by atoms with Crippen LogP contribution in [-0.4, -0.2) is 13.0 Å². The van der Waals surface area contributed by atoms with Gasteiger partial charge in [0.1, 0.15) is 12.4 Å². The van der Waals surface area contributed by atoms with E-state index in [1.165, 1.54) is 23.8 Å². The summed E-state index contributed by atoms with van der Waals surface area (Å²) in [6, 6.07) is 7.93. The minimum atomic E-state index is -2.76. The lowest BCUT2D eigenvalue weighted by Gasteiger charge is -2.17. The molecule has 0 heterocycles. The van der Waals surface area contributed by atoms with Gasteiger partial charge in [0.15, 0.2) is 0 Å². The highest BCUT2D eigenvalue weighted by molar-refractivity contribution is 5.86. The number of carbonyl (C=O) groups excluding carboxylic acids is 1. The number of alkyl halides is 3. The zero-order chi connectivity index (χ0) is 20.0. The monoisotopic (exact) mass is 381 g/mol. The molecule has 0 saturated heterocycles. The first-order valence-corrected chi connectivity index (χ1v) is 8.50. The van der Waals surface area contributed by atoms with Crippen molar-refractivity contribution in [2.24, 2.45) is 0 Å². The van der Waals surface area contributed by atoms with Gasteiger partial charge in [-0.25, -0.2) is 18.0 Å². The number of hydrogen-bond acceptors (Lipinski definition) is 3. The van der Waals surface area contributed by atoms with E-state index in [2.05, 4.69) is 17.0 Å². The summed E-state index contributed by atoms with van der Waals surface area (Å²) in [5.41, 5.74) is 3.05. The van der Waals surface area contributed by atoms with E-state index >= 15 is 0 Å². The Kier molecular flexibility index (Phi) is 7.10. The van der Waals surface area contributed by atoms with Crippen LogP contribution in [-0.2, 0) is 17.8 Å². The maximum atomic E-state index is 13.4. The van der Waals surface area contributed by atoms with Crippen molar-refractivity contribution in [2.45, 2.75) is 40.2 Å². The quantitative estimate of drug-likeness (QED) is 0.654. The first-order chi connectivity index (χ1) is 12.9. The van der Waals surface area contributed by atoms with E-state index in [1.54, 1.807) is 0 Å². The molecule has 1 N–H and O–H groups in total. The minimum Gasteiger partial charge on any atom is -0.489 e. The molecule has 0 radical (unpaired) electrons. The molecule has 0 aromatic heterocycles. The zero-order valence-electron chi connectivity index (χ0n) is 15.4. The third-order valence-corrected chi connectivity index (χ3v) is 4.26. The summed E-state index contributed by atoms with van der Waals surface area (Å²) >= 11 is 0. The number of halogens is 3. The highest BCUT2D eigenvalue weighted by Crippen LogP contribution is 2.31. The second-order valence-electron chi connectivity index (χ2n) is 6.03. The smallest absolute Gasteiger partial charge is 0.413 e. The predicted octanol–water partition coefficient (Wildman–Crippen LogP) is 5.86. The first-order valence-electron chi connectivity index (χ1n) is 8.50. The third kappa shape index (κ3) is 5.15. The number of ether oxygens (including phenoxy) is 2. The van der Waals surface area contributed by atoms with Gasteiger partial charge in [-0.2, -0.15) is 0 Å². The van der Waals surface area contributed by atoms with Crippen LogP contribution in [0, 0.1) is 13.8 Å². The Morgan fingerprint density at radius 3 is 2.56 bits per heavy atom. The minimum absolute atomic E-state index is 0.0887. The van der Waals surface area contributed by atoms with E-state index in [4.69, 9.17) is 4.74 Å². The molecule has 2 aromatic carbocycles. The zero-order valence-corrected chi connectivity index (χ0v) is 15.4. The molecule has 0 saturated carbocycles. The second-order valence-corrected chi connectivity index (χ2v) is 6.03. The fourth-order valence-electron chi connectivity index (χ4n) is 2.82. The molecule has 0 fully saturated rings. The highest BCUT2D eigenvalue weighted by Gasteiger charge is 2.19. The lowest BCUT2D eigenvalue weighted by atomic mass is 10.0. The predicted molar refractivity (Wildman–Crippen MR) is 97.1 cm³/mol. The summed E-state index contributed by atoms with van der Waals surface area (Å²) in [6.07, 6.45) is -2.94. The topological polar surface area (TPSA) is 47.6 Å². The molecule has 4 nitrogen and oxygen atoms in total. The Labute approximate surface area is 156 Å². The number of hydrogen-bond donors (Lipinski definition) is 1. The standard InChI is InChI=1S/C20H22F3NO3/c1-4-14-8-13(3)18(9-12(14)2)26-10-16-15(19(22)23)6-5-7-17(16)24-20(25)27-11-21/h5-9,19H,4,10-11H2,1-3H3,(H,24,25). The van der Waals surface area contributed by atoms with E-state index in [1.807, 2.05) is 26.0 Å². The van der Waals surface area contributed by atoms with Crippen molar-refractivity contribution in [3.8, 4) is 5.75 Å². The van der Waals surface area contributed by atoms with Gasteiger partial charge in [-0.15, -0.1) is 0 Å². The van der Waals surface area contributed by atoms with Crippen LogP contribution in [0.5, 0.6) is 5.75 Å². The second kappa shape index (κ2) is 9.30. The van der Waals surface area contributed by atoms with Crippen LogP contribution in [0.1, 0.15) is 41.2 Å². The molecule has 0 atom stereocenters. The van der Waals surface area contributed by atoms with Crippen molar-refractivity contribution in [2.75, 3.05) is 12.2 Å². The number of carbonyl (C=O) groups is 1. The van der Waals surface area contributed by atoms with Gasteiger partial charge in [0.05, 0.1) is 5.69 Å². The fourth-order valence-corrected chi connectivity index (χ4v) is 2.82. The summed E-state index contributed by atoms with van der Waals surface area (Å²) in [4.78, 5) is 11.5. The van der Waals surface area contributed by atoms with Gasteiger partial charge in [-0.1, -0.05) is 25.1 Å². The third-order valence-electron chi connectivity index (χ3n) is 4.26. The fraction of sp³-hybridized carbons (Fsp3) is 0.350. The van der Waals surface area contributed by atoms with Crippen LogP contribution in [0.2, 0.25) is 0 Å². The molecule has 0 unspecified atom stereocenters. The van der Waals surface area contributed by atoms with Crippen molar-refractivity contribution < 1.29 is 27.4 Å². The van der Waals surface area contributed by atoms with E-state index in [0.29, 0.717) is 5.75 Å². The molecule has 7 heteroatoms. The first kappa shape index (κ1) is 20.6. The number of rotatable bonds is 7. The molecular weight excluding hydrogens is 359 g/mol. The molecule has 0 aliphatic rings. The number of aryl methyl sites for hydroxylation is 3. The molecule has 0 bridgehead atoms. The van der Waals surface area contributed by atoms with Crippen molar-refractivity contribution in [3.05, 3.63) is 58.1 Å². The number of anilines is 1. The molecule has 146 valence electrons. The van der Waals surface area contributed by atoms with E-state index < -0.39 is 19.4 Å². The van der Waals surface area contributed by atoms with E-state index in [0.717, 1.165) is 17.5 Å². The highest BCUT2D eigenvalue weighted by atomic mass is 19.3. The molecular formula is C20H22F3NO3. The van der Waals surface area contributed by atoms with Crippen LogP contribution in [0.3, 0.4) is 0 Å². The lowest BCUT2D eigenvalue weighted by Crippen LogP contribution is -2.16. The lowest BCUT2D eigenvalue weighted by molar-refractivity contribution is 0.110. The Morgan fingerprint density at radius 1 is 1.19 bits per heavy atom. The summed E-state index contributed by atoms with van der Waals surface area (Å²) in [6.45, 7) is 4.39. The Hall–Kier alpha value is -2.70. The molecule has 0 aliphatic heterocycles. The van der Waals surface area contributed by atoms with Crippen LogP contribution >= 0.6 is 0 Å². The van der Waals surface area contributed by atoms with Gasteiger partial charge >= 0.3 is 6.09 Å². The van der Waals surface area contributed by atoms with Gasteiger partial charge in [-0.05, 0) is 49.1 Å². The average Bonchev–Trinajstić information content (AvgIpc) is 2.62. The number of benzene rings is 2. The van der Waals surface area contributed by atoms with Crippen LogP contribution < -0.4 is 10.1 Å². The average molecular weight is 381 g/mol. The van der Waals surface area contributed by atoms with E-state index in [-0.39, 0.29) is 23.4 Å². The van der Waals surface area contributed by atoms with Gasteiger partial charge in [-0.3, -0.25) is 5.32 Å². The molecule has 1 amide bonds. The van der Waals surface area contributed by atoms with Crippen molar-refractivity contribution in [1.82, 2.24) is 0 Å². The number of nitrogens with one attached hydrogen (secondary N) is 1. The molecule has 0 aliphatic carbocycles. The van der Waals surface area contributed by atoms with Crippen LogP contribution in [0.15, 0.2) is 30.3 Å². The maximum absolute atomic E-state index is 13.4. The largest absolute Gasteiger partial charge is 0.489 e.